The van der Waals surface area contributed by atoms with Crippen molar-refractivity contribution in [2.45, 2.75) is 13.5 Å². The Kier molecular flexibility index (Phi) is 3.81. The Bertz CT molecular complexity index is 612. The fraction of sp³-hybridized carbons (Fsp3) is 0.182. The number of aromatic nitrogens is 3. The number of hydrogen-bond donors (Lipinski definition) is 2. The van der Waals surface area contributed by atoms with Crippen molar-refractivity contribution in [3.8, 4) is 0 Å². The standard InChI is InChI=1S/C11H10N4O3S/c1-6-9(11(17)18)15-8(19-6)5-14-10(16)7-4-12-2-3-13-7/h2-4H,5H2,1H3,(H,14,16)(H,17,18). The van der Waals surface area contributed by atoms with Crippen LogP contribution in [0, 0.1) is 6.92 Å². The molecule has 0 aliphatic carbocycles. The second-order valence-corrected chi connectivity index (χ2v) is 4.88. The van der Waals surface area contributed by atoms with Crippen LogP contribution in [0.25, 0.3) is 0 Å². The summed E-state index contributed by atoms with van der Waals surface area (Å²) in [4.78, 5) is 34.7. The first-order valence-electron chi connectivity index (χ1n) is 5.31. The summed E-state index contributed by atoms with van der Waals surface area (Å²) >= 11 is 1.24. The minimum absolute atomic E-state index is 0.0220. The third-order valence-corrected chi connectivity index (χ3v) is 3.21. The third-order valence-electron chi connectivity index (χ3n) is 2.24. The molecule has 0 aliphatic rings. The monoisotopic (exact) mass is 278 g/mol. The van der Waals surface area contributed by atoms with Gasteiger partial charge in [-0.1, -0.05) is 0 Å². The SMILES string of the molecule is Cc1sc(CNC(=O)c2cnccn2)nc1C(=O)O. The van der Waals surface area contributed by atoms with Crippen LogP contribution >= 0.6 is 11.3 Å². The zero-order chi connectivity index (χ0) is 13.8. The van der Waals surface area contributed by atoms with Crippen LogP contribution in [0.2, 0.25) is 0 Å². The number of hydrogen-bond acceptors (Lipinski definition) is 6. The number of nitrogens with one attached hydrogen (secondary N) is 1. The molecule has 7 nitrogen and oxygen atoms in total. The number of aryl methyl sites for hydroxylation is 1. The van der Waals surface area contributed by atoms with Crippen molar-refractivity contribution in [2.75, 3.05) is 0 Å². The molecule has 2 rings (SSSR count). The normalized spacial score (nSPS) is 10.2. The van der Waals surface area contributed by atoms with Crippen molar-refractivity contribution < 1.29 is 14.7 Å². The first kappa shape index (κ1) is 13.1. The molecule has 2 heterocycles. The smallest absolute Gasteiger partial charge is 0.355 e. The van der Waals surface area contributed by atoms with E-state index in [1.54, 1.807) is 6.92 Å². The average molecular weight is 278 g/mol. The van der Waals surface area contributed by atoms with Crippen LogP contribution in [0.3, 0.4) is 0 Å². The number of nitrogens with zero attached hydrogens (tertiary/aromatic N) is 3. The van der Waals surface area contributed by atoms with Gasteiger partial charge in [-0.25, -0.2) is 14.8 Å². The van der Waals surface area contributed by atoms with E-state index in [0.717, 1.165) is 0 Å². The highest BCUT2D eigenvalue weighted by atomic mass is 32.1. The number of thiazole rings is 1. The molecule has 0 saturated carbocycles. The first-order chi connectivity index (χ1) is 9.08. The van der Waals surface area contributed by atoms with Crippen molar-refractivity contribution >= 4 is 23.2 Å². The van der Waals surface area contributed by atoms with E-state index in [9.17, 15) is 9.59 Å². The number of aromatic carboxylic acids is 1. The molecule has 8 heteroatoms. The van der Waals surface area contributed by atoms with E-state index in [2.05, 4.69) is 20.3 Å². The molecule has 0 saturated heterocycles. The molecule has 0 unspecified atom stereocenters. The van der Waals surface area contributed by atoms with Gasteiger partial charge in [0, 0.05) is 17.3 Å². The molecule has 19 heavy (non-hydrogen) atoms. The van der Waals surface area contributed by atoms with Gasteiger partial charge in [0.2, 0.25) is 0 Å². The summed E-state index contributed by atoms with van der Waals surface area (Å²) in [5, 5.41) is 12.0. The van der Waals surface area contributed by atoms with Crippen LogP contribution in [0.1, 0.15) is 30.9 Å². The number of amides is 1. The van der Waals surface area contributed by atoms with Gasteiger partial charge in [0.15, 0.2) is 5.69 Å². The fourth-order valence-corrected chi connectivity index (χ4v) is 2.25. The molecule has 0 radical (unpaired) electrons. The van der Waals surface area contributed by atoms with E-state index in [0.29, 0.717) is 9.88 Å². The summed E-state index contributed by atoms with van der Waals surface area (Å²) in [7, 11) is 0. The molecule has 0 aromatic carbocycles. The van der Waals surface area contributed by atoms with Crippen LogP contribution < -0.4 is 5.32 Å². The van der Waals surface area contributed by atoms with E-state index < -0.39 is 5.97 Å². The van der Waals surface area contributed by atoms with Crippen molar-refractivity contribution in [3.05, 3.63) is 39.9 Å². The zero-order valence-corrected chi connectivity index (χ0v) is 10.8. The highest BCUT2D eigenvalue weighted by molar-refractivity contribution is 7.11. The molecular formula is C11H10N4O3S. The Morgan fingerprint density at radius 1 is 1.42 bits per heavy atom. The molecule has 0 atom stereocenters. The van der Waals surface area contributed by atoms with E-state index in [-0.39, 0.29) is 23.8 Å². The minimum atomic E-state index is -1.07. The molecule has 0 fully saturated rings. The van der Waals surface area contributed by atoms with Crippen molar-refractivity contribution in [1.82, 2.24) is 20.3 Å². The average Bonchev–Trinajstić information content (AvgIpc) is 2.78. The van der Waals surface area contributed by atoms with Gasteiger partial charge in [0.25, 0.3) is 5.91 Å². The van der Waals surface area contributed by atoms with Crippen molar-refractivity contribution in [2.24, 2.45) is 0 Å². The second kappa shape index (κ2) is 5.53. The first-order valence-corrected chi connectivity index (χ1v) is 6.13. The maximum atomic E-state index is 11.7. The molecule has 2 aromatic heterocycles. The van der Waals surface area contributed by atoms with Gasteiger partial charge in [-0.3, -0.25) is 9.78 Å². The summed E-state index contributed by atoms with van der Waals surface area (Å²) in [6.07, 6.45) is 4.25. The Balaban J connectivity index is 2.01. The Labute approximate surface area is 112 Å². The van der Waals surface area contributed by atoms with Gasteiger partial charge < -0.3 is 10.4 Å². The van der Waals surface area contributed by atoms with Gasteiger partial charge in [0.05, 0.1) is 12.7 Å². The Morgan fingerprint density at radius 3 is 2.79 bits per heavy atom. The highest BCUT2D eigenvalue weighted by Crippen LogP contribution is 2.17. The maximum Gasteiger partial charge on any atom is 0.355 e. The minimum Gasteiger partial charge on any atom is -0.476 e. The predicted molar refractivity (Wildman–Crippen MR) is 67.0 cm³/mol. The number of carbonyl (C=O) groups is 2. The highest BCUT2D eigenvalue weighted by Gasteiger charge is 2.14. The molecule has 0 bridgehead atoms. The summed E-state index contributed by atoms with van der Waals surface area (Å²) in [5.74, 6) is -1.45. The van der Waals surface area contributed by atoms with Gasteiger partial charge in [-0.05, 0) is 6.92 Å². The van der Waals surface area contributed by atoms with Gasteiger partial charge in [-0.15, -0.1) is 11.3 Å². The number of carbonyl (C=O) groups excluding carboxylic acids is 1. The summed E-state index contributed by atoms with van der Waals surface area (Å²) in [6.45, 7) is 1.84. The summed E-state index contributed by atoms with van der Waals surface area (Å²) in [5.41, 5.74) is 0.225. The second-order valence-electron chi connectivity index (χ2n) is 3.59. The van der Waals surface area contributed by atoms with Crippen LogP contribution in [-0.4, -0.2) is 31.9 Å². The molecule has 0 aliphatic heterocycles. The molecular weight excluding hydrogens is 268 g/mol. The predicted octanol–water partition coefficient (Wildman–Crippen LogP) is 0.870. The molecule has 0 spiro atoms. The molecule has 2 N–H and O–H groups in total. The number of rotatable bonds is 4. The van der Waals surface area contributed by atoms with E-state index in [1.165, 1.54) is 29.9 Å². The van der Waals surface area contributed by atoms with Crippen LogP contribution in [0.15, 0.2) is 18.6 Å². The lowest BCUT2D eigenvalue weighted by Crippen LogP contribution is -2.23. The lowest BCUT2D eigenvalue weighted by molar-refractivity contribution is 0.0690. The van der Waals surface area contributed by atoms with Crippen LogP contribution in [0.4, 0.5) is 0 Å². The zero-order valence-electron chi connectivity index (χ0n) is 9.95. The summed E-state index contributed by atoms with van der Waals surface area (Å²) < 4.78 is 0. The molecule has 2 aromatic rings. The topological polar surface area (TPSA) is 105 Å². The van der Waals surface area contributed by atoms with Crippen molar-refractivity contribution in [1.29, 1.82) is 0 Å². The van der Waals surface area contributed by atoms with Crippen LogP contribution in [-0.2, 0) is 6.54 Å². The molecule has 1 amide bonds. The van der Waals surface area contributed by atoms with Gasteiger partial charge >= 0.3 is 5.97 Å². The van der Waals surface area contributed by atoms with Crippen molar-refractivity contribution in [3.63, 3.8) is 0 Å². The lowest BCUT2D eigenvalue weighted by Gasteiger charge is -2.00. The quantitative estimate of drug-likeness (QED) is 0.859. The maximum absolute atomic E-state index is 11.7. The van der Waals surface area contributed by atoms with Crippen LogP contribution in [0.5, 0.6) is 0 Å². The lowest BCUT2D eigenvalue weighted by atomic mass is 10.4. The fourth-order valence-electron chi connectivity index (χ4n) is 1.39. The number of carboxylic acids is 1. The van der Waals surface area contributed by atoms with Gasteiger partial charge in [0.1, 0.15) is 10.7 Å². The Morgan fingerprint density at radius 2 is 2.21 bits per heavy atom. The van der Waals surface area contributed by atoms with E-state index in [4.69, 9.17) is 5.11 Å². The van der Waals surface area contributed by atoms with E-state index >= 15 is 0 Å². The largest absolute Gasteiger partial charge is 0.476 e. The number of carboxylic acid groups (broad SMARTS) is 1. The third kappa shape index (κ3) is 3.10. The molecule has 98 valence electrons. The summed E-state index contributed by atoms with van der Waals surface area (Å²) in [6, 6.07) is 0. The Hall–Kier alpha value is -2.35. The van der Waals surface area contributed by atoms with E-state index in [1.807, 2.05) is 0 Å². The van der Waals surface area contributed by atoms with Gasteiger partial charge in [-0.2, -0.15) is 0 Å².